The van der Waals surface area contributed by atoms with Crippen molar-refractivity contribution >= 4 is 11.9 Å². The van der Waals surface area contributed by atoms with Crippen molar-refractivity contribution in [3.8, 4) is 0 Å². The molecule has 0 radical (unpaired) electrons. The van der Waals surface area contributed by atoms with Crippen LogP contribution in [0.5, 0.6) is 0 Å². The highest BCUT2D eigenvalue weighted by Crippen LogP contribution is 2.31. The number of aromatic nitrogens is 2. The number of fused-ring (bicyclic) bond motifs is 1. The van der Waals surface area contributed by atoms with E-state index in [9.17, 15) is 19.1 Å². The normalized spacial score (nSPS) is 15.1. The first kappa shape index (κ1) is 22.5. The van der Waals surface area contributed by atoms with E-state index in [0.717, 1.165) is 22.4 Å². The Morgan fingerprint density at radius 1 is 0.943 bits per heavy atom. The molecule has 0 saturated carbocycles. The molecule has 0 spiro atoms. The number of carbonyl (C=O) groups is 2. The highest BCUT2D eigenvalue weighted by atomic mass is 19.1. The summed E-state index contributed by atoms with van der Waals surface area (Å²) in [6.45, 7) is 0.553. The lowest BCUT2D eigenvalue weighted by Crippen LogP contribution is -2.50. The maximum atomic E-state index is 13.9. The van der Waals surface area contributed by atoms with Crippen LogP contribution >= 0.6 is 0 Å². The number of nitrogens with zero attached hydrogens (tertiary/aromatic N) is 3. The fourth-order valence-corrected chi connectivity index (χ4v) is 4.69. The molecule has 1 aliphatic rings. The Labute approximate surface area is 202 Å². The Morgan fingerprint density at radius 2 is 1.54 bits per heavy atom. The summed E-state index contributed by atoms with van der Waals surface area (Å²) in [7, 11) is 0. The summed E-state index contributed by atoms with van der Waals surface area (Å²) >= 11 is 0. The van der Waals surface area contributed by atoms with Gasteiger partial charge in [-0.05, 0) is 28.8 Å². The number of benzene rings is 3. The van der Waals surface area contributed by atoms with Crippen LogP contribution in [0.2, 0.25) is 0 Å². The van der Waals surface area contributed by atoms with E-state index in [4.69, 9.17) is 0 Å². The molecule has 0 bridgehead atoms. The molecule has 2 heterocycles. The number of amides is 1. The minimum absolute atomic E-state index is 0.109. The Kier molecular flexibility index (Phi) is 6.14. The molecule has 0 saturated heterocycles. The molecule has 35 heavy (non-hydrogen) atoms. The van der Waals surface area contributed by atoms with Gasteiger partial charge in [-0.1, -0.05) is 72.8 Å². The van der Waals surface area contributed by atoms with E-state index in [1.807, 2.05) is 65.2 Å². The van der Waals surface area contributed by atoms with E-state index in [-0.39, 0.29) is 24.7 Å². The summed E-state index contributed by atoms with van der Waals surface area (Å²) in [5, 5.41) is 10.1. The Morgan fingerprint density at radius 3 is 2.11 bits per heavy atom. The van der Waals surface area contributed by atoms with Crippen LogP contribution in [0.25, 0.3) is 0 Å². The molecule has 1 aromatic heterocycles. The molecule has 3 aromatic carbocycles. The van der Waals surface area contributed by atoms with Gasteiger partial charge >= 0.3 is 5.97 Å². The fraction of sp³-hybridized carbons (Fsp3) is 0.179. The molecule has 176 valence electrons. The first-order valence-corrected chi connectivity index (χ1v) is 11.4. The smallest absolute Gasteiger partial charge is 0.326 e. The number of carboxylic acids is 1. The largest absolute Gasteiger partial charge is 0.480 e. The van der Waals surface area contributed by atoms with Crippen molar-refractivity contribution in [1.29, 1.82) is 0 Å². The lowest BCUT2D eigenvalue weighted by atomic mass is 9.88. The van der Waals surface area contributed by atoms with Crippen molar-refractivity contribution in [2.24, 2.45) is 0 Å². The zero-order chi connectivity index (χ0) is 24.4. The molecule has 1 aliphatic heterocycles. The van der Waals surface area contributed by atoms with Gasteiger partial charge in [0.25, 0.3) is 0 Å². The third-order valence-corrected chi connectivity index (χ3v) is 6.46. The SMILES string of the molecule is O=C(O)[C@@H]1Cc2c(ncn2Cc2ccc(F)cc2)CN1C(=O)C(c1ccccc1)c1ccccc1. The van der Waals surface area contributed by atoms with Crippen molar-refractivity contribution in [3.05, 3.63) is 125 Å². The van der Waals surface area contributed by atoms with E-state index < -0.39 is 17.9 Å². The van der Waals surface area contributed by atoms with Gasteiger partial charge in [-0.2, -0.15) is 0 Å². The number of hydrogen-bond acceptors (Lipinski definition) is 3. The third-order valence-electron chi connectivity index (χ3n) is 6.46. The van der Waals surface area contributed by atoms with E-state index in [0.29, 0.717) is 12.2 Å². The summed E-state index contributed by atoms with van der Waals surface area (Å²) in [4.78, 5) is 32.2. The molecule has 5 rings (SSSR count). The number of halogens is 1. The van der Waals surface area contributed by atoms with Gasteiger partial charge < -0.3 is 14.6 Å². The molecule has 0 unspecified atom stereocenters. The fourth-order valence-electron chi connectivity index (χ4n) is 4.69. The van der Waals surface area contributed by atoms with Crippen LogP contribution in [0, 0.1) is 5.82 Å². The molecule has 0 fully saturated rings. The number of rotatable bonds is 6. The summed E-state index contributed by atoms with van der Waals surface area (Å²) in [5.41, 5.74) is 3.95. The summed E-state index contributed by atoms with van der Waals surface area (Å²) < 4.78 is 15.2. The molecule has 1 amide bonds. The quantitative estimate of drug-likeness (QED) is 0.458. The van der Waals surface area contributed by atoms with Crippen LogP contribution < -0.4 is 0 Å². The predicted octanol–water partition coefficient (Wildman–Crippen LogP) is 4.24. The first-order chi connectivity index (χ1) is 17.0. The monoisotopic (exact) mass is 469 g/mol. The second kappa shape index (κ2) is 9.54. The molecule has 1 N–H and O–H groups in total. The zero-order valence-electron chi connectivity index (χ0n) is 18.9. The van der Waals surface area contributed by atoms with E-state index >= 15 is 0 Å². The molecule has 0 aliphatic carbocycles. The topological polar surface area (TPSA) is 75.4 Å². The highest BCUT2D eigenvalue weighted by Gasteiger charge is 2.40. The van der Waals surface area contributed by atoms with Crippen LogP contribution in [-0.4, -0.2) is 37.5 Å². The van der Waals surface area contributed by atoms with Gasteiger partial charge in [-0.3, -0.25) is 4.79 Å². The van der Waals surface area contributed by atoms with E-state index in [2.05, 4.69) is 4.98 Å². The average Bonchev–Trinajstić information content (AvgIpc) is 3.27. The lowest BCUT2D eigenvalue weighted by Gasteiger charge is -2.35. The number of imidazole rings is 1. The van der Waals surface area contributed by atoms with Crippen molar-refractivity contribution in [2.75, 3.05) is 0 Å². The number of carbonyl (C=O) groups excluding carboxylic acids is 1. The van der Waals surface area contributed by atoms with Crippen LogP contribution in [-0.2, 0) is 29.1 Å². The van der Waals surface area contributed by atoms with Gasteiger partial charge in [0.1, 0.15) is 11.9 Å². The standard InChI is InChI=1S/C28H24FN3O3/c29-22-13-11-19(12-14-22)16-31-18-30-23-17-32(25(28(34)35)15-24(23)31)27(33)26(20-7-3-1-4-8-20)21-9-5-2-6-10-21/h1-14,18,25-26H,15-17H2,(H,34,35)/t25-/m0/s1. The van der Waals surface area contributed by atoms with Crippen LogP contribution in [0.3, 0.4) is 0 Å². The maximum absolute atomic E-state index is 13.9. The molecule has 6 nitrogen and oxygen atoms in total. The van der Waals surface area contributed by atoms with Crippen molar-refractivity contribution in [1.82, 2.24) is 14.5 Å². The number of hydrogen-bond donors (Lipinski definition) is 1. The second-order valence-electron chi connectivity index (χ2n) is 8.67. The van der Waals surface area contributed by atoms with Crippen molar-refractivity contribution in [2.45, 2.75) is 31.5 Å². The summed E-state index contributed by atoms with van der Waals surface area (Å²) in [6, 6.07) is 24.0. The first-order valence-electron chi connectivity index (χ1n) is 11.4. The van der Waals surface area contributed by atoms with E-state index in [1.54, 1.807) is 18.5 Å². The molecule has 4 aromatic rings. The van der Waals surface area contributed by atoms with Gasteiger partial charge in [-0.15, -0.1) is 0 Å². The number of aliphatic carboxylic acids is 1. The lowest BCUT2D eigenvalue weighted by molar-refractivity contribution is -0.151. The van der Waals surface area contributed by atoms with Crippen molar-refractivity contribution in [3.63, 3.8) is 0 Å². The van der Waals surface area contributed by atoms with Crippen molar-refractivity contribution < 1.29 is 19.1 Å². The van der Waals surface area contributed by atoms with Gasteiger partial charge in [0.2, 0.25) is 5.91 Å². The van der Waals surface area contributed by atoms with Crippen LogP contribution in [0.4, 0.5) is 4.39 Å². The van der Waals surface area contributed by atoms with Gasteiger partial charge in [0, 0.05) is 18.7 Å². The van der Waals surface area contributed by atoms with E-state index in [1.165, 1.54) is 17.0 Å². The second-order valence-corrected chi connectivity index (χ2v) is 8.67. The molecular weight excluding hydrogens is 445 g/mol. The maximum Gasteiger partial charge on any atom is 0.326 e. The zero-order valence-corrected chi connectivity index (χ0v) is 18.9. The predicted molar refractivity (Wildman–Crippen MR) is 128 cm³/mol. The van der Waals surface area contributed by atoms with Crippen LogP contribution in [0.15, 0.2) is 91.3 Å². The third kappa shape index (κ3) is 4.57. The highest BCUT2D eigenvalue weighted by molar-refractivity contribution is 5.91. The Bertz CT molecular complexity index is 1300. The molecule has 1 atom stereocenters. The molecule has 7 heteroatoms. The van der Waals surface area contributed by atoms with Gasteiger partial charge in [0.05, 0.1) is 24.5 Å². The summed E-state index contributed by atoms with van der Waals surface area (Å²) in [5.74, 6) is -2.26. The van der Waals surface area contributed by atoms with Crippen LogP contribution in [0.1, 0.15) is 34.0 Å². The number of carboxylic acid groups (broad SMARTS) is 1. The minimum Gasteiger partial charge on any atom is -0.480 e. The Balaban J connectivity index is 1.48. The minimum atomic E-state index is -1.06. The summed E-state index contributed by atoms with van der Waals surface area (Å²) in [6.07, 6.45) is 1.81. The van der Waals surface area contributed by atoms with Gasteiger partial charge in [0.15, 0.2) is 0 Å². The van der Waals surface area contributed by atoms with Gasteiger partial charge in [-0.25, -0.2) is 14.2 Å². The molecular formula is C28H24FN3O3. The Hall–Kier alpha value is -4.26. The average molecular weight is 470 g/mol.